The molecule has 29 heavy (non-hydrogen) atoms. The van der Waals surface area contributed by atoms with E-state index in [1.807, 2.05) is 62.3 Å². The molecule has 1 N–H and O–H groups in total. The number of benzene rings is 2. The smallest absolute Gasteiger partial charge is 0.262 e. The standard InChI is InChI=1S/C22H26N4O3/c1-24(2)16-11-9-15(10-12-16)19(25(3)4)13-23-20(27)14-26-21(28)17-7-5-6-8-18(17)22(26)29/h5-12,19H,13-14H2,1-4H3,(H,23,27)/t19-/m0/s1. The molecular weight excluding hydrogens is 368 g/mol. The third-order valence-corrected chi connectivity index (χ3v) is 5.09. The molecule has 0 radical (unpaired) electrons. The fourth-order valence-corrected chi connectivity index (χ4v) is 3.39. The number of amides is 3. The summed E-state index contributed by atoms with van der Waals surface area (Å²) in [5.74, 6) is -1.22. The van der Waals surface area contributed by atoms with Gasteiger partial charge in [-0.3, -0.25) is 19.3 Å². The number of nitrogens with one attached hydrogen (secondary N) is 1. The molecule has 3 amide bonds. The Hall–Kier alpha value is -3.19. The van der Waals surface area contributed by atoms with E-state index < -0.39 is 11.8 Å². The van der Waals surface area contributed by atoms with Crippen molar-refractivity contribution in [1.82, 2.24) is 15.1 Å². The van der Waals surface area contributed by atoms with Crippen molar-refractivity contribution in [3.05, 3.63) is 65.2 Å². The van der Waals surface area contributed by atoms with Crippen molar-refractivity contribution in [3.8, 4) is 0 Å². The summed E-state index contributed by atoms with van der Waals surface area (Å²) in [6.45, 7) is 0.0857. The second-order valence-corrected chi connectivity index (χ2v) is 7.51. The molecular formula is C22H26N4O3. The van der Waals surface area contributed by atoms with E-state index >= 15 is 0 Å². The summed E-state index contributed by atoms with van der Waals surface area (Å²) in [4.78, 5) is 42.3. The zero-order chi connectivity index (χ0) is 21.1. The highest BCUT2D eigenvalue weighted by atomic mass is 16.2. The number of hydrogen-bond acceptors (Lipinski definition) is 5. The van der Waals surface area contributed by atoms with Crippen LogP contribution >= 0.6 is 0 Å². The summed E-state index contributed by atoms with van der Waals surface area (Å²) >= 11 is 0. The van der Waals surface area contributed by atoms with E-state index in [1.165, 1.54) is 0 Å². The van der Waals surface area contributed by atoms with Crippen LogP contribution in [0.25, 0.3) is 0 Å². The normalized spacial score (nSPS) is 14.2. The van der Waals surface area contributed by atoms with E-state index in [9.17, 15) is 14.4 Å². The Bertz CT molecular complexity index is 887. The van der Waals surface area contributed by atoms with Gasteiger partial charge >= 0.3 is 0 Å². The number of carbonyl (C=O) groups is 3. The van der Waals surface area contributed by atoms with Crippen molar-refractivity contribution in [2.45, 2.75) is 6.04 Å². The summed E-state index contributed by atoms with van der Waals surface area (Å²) in [6, 6.07) is 14.7. The SMILES string of the molecule is CN(C)c1ccc([C@H](CNC(=O)CN2C(=O)c3ccccc3C2=O)N(C)C)cc1. The molecule has 0 saturated heterocycles. The highest BCUT2D eigenvalue weighted by Crippen LogP contribution is 2.23. The molecule has 2 aromatic carbocycles. The van der Waals surface area contributed by atoms with Crippen LogP contribution in [-0.4, -0.2) is 68.8 Å². The summed E-state index contributed by atoms with van der Waals surface area (Å²) in [5, 5.41) is 2.86. The van der Waals surface area contributed by atoms with E-state index in [1.54, 1.807) is 24.3 Å². The van der Waals surface area contributed by atoms with Crippen LogP contribution in [0.2, 0.25) is 0 Å². The molecule has 7 nitrogen and oxygen atoms in total. The van der Waals surface area contributed by atoms with Crippen LogP contribution in [0, 0.1) is 0 Å². The maximum absolute atomic E-state index is 12.5. The van der Waals surface area contributed by atoms with Crippen LogP contribution in [-0.2, 0) is 4.79 Å². The molecule has 0 aliphatic carbocycles. The minimum Gasteiger partial charge on any atom is -0.378 e. The van der Waals surface area contributed by atoms with Gasteiger partial charge in [0.25, 0.3) is 11.8 Å². The molecule has 2 aromatic rings. The number of carbonyl (C=O) groups excluding carboxylic acids is 3. The van der Waals surface area contributed by atoms with Crippen molar-refractivity contribution in [1.29, 1.82) is 0 Å². The Morgan fingerprint density at radius 3 is 1.97 bits per heavy atom. The average Bonchev–Trinajstić information content (AvgIpc) is 2.93. The number of rotatable bonds is 7. The molecule has 7 heteroatoms. The lowest BCUT2D eigenvalue weighted by Gasteiger charge is -2.26. The van der Waals surface area contributed by atoms with Gasteiger partial charge < -0.3 is 15.1 Å². The van der Waals surface area contributed by atoms with Crippen LogP contribution in [0.3, 0.4) is 0 Å². The van der Waals surface area contributed by atoms with Crippen LogP contribution < -0.4 is 10.2 Å². The van der Waals surface area contributed by atoms with Crippen LogP contribution in [0.4, 0.5) is 5.69 Å². The first-order chi connectivity index (χ1) is 13.8. The number of anilines is 1. The molecule has 0 fully saturated rings. The predicted molar refractivity (Wildman–Crippen MR) is 112 cm³/mol. The Kier molecular flexibility index (Phi) is 5.98. The van der Waals surface area contributed by atoms with Gasteiger partial charge in [-0.2, -0.15) is 0 Å². The molecule has 0 unspecified atom stereocenters. The van der Waals surface area contributed by atoms with Gasteiger partial charge in [-0.1, -0.05) is 24.3 Å². The first-order valence-corrected chi connectivity index (χ1v) is 9.45. The van der Waals surface area contributed by atoms with Gasteiger partial charge in [-0.05, 0) is 43.9 Å². The van der Waals surface area contributed by atoms with Crippen molar-refractivity contribution in [2.75, 3.05) is 46.2 Å². The fourth-order valence-electron chi connectivity index (χ4n) is 3.39. The van der Waals surface area contributed by atoms with Gasteiger partial charge in [-0.25, -0.2) is 0 Å². The highest BCUT2D eigenvalue weighted by Gasteiger charge is 2.36. The fraction of sp³-hybridized carbons (Fsp3) is 0.318. The monoisotopic (exact) mass is 394 g/mol. The first kappa shape index (κ1) is 20.5. The number of fused-ring (bicyclic) bond motifs is 1. The summed E-state index contributed by atoms with van der Waals surface area (Å²) in [7, 11) is 7.86. The van der Waals surface area contributed by atoms with Crippen molar-refractivity contribution in [2.24, 2.45) is 0 Å². The Labute approximate surface area is 170 Å². The number of nitrogens with zero attached hydrogens (tertiary/aromatic N) is 3. The lowest BCUT2D eigenvalue weighted by Crippen LogP contribution is -2.42. The second-order valence-electron chi connectivity index (χ2n) is 7.51. The molecule has 152 valence electrons. The van der Waals surface area contributed by atoms with Crippen molar-refractivity contribution < 1.29 is 14.4 Å². The van der Waals surface area contributed by atoms with Crippen LogP contribution in [0.1, 0.15) is 32.3 Å². The quantitative estimate of drug-likeness (QED) is 0.725. The van der Waals surface area contributed by atoms with E-state index in [2.05, 4.69) is 5.32 Å². The molecule has 1 heterocycles. The third kappa shape index (κ3) is 4.30. The number of hydrogen-bond donors (Lipinski definition) is 1. The molecule has 0 bridgehead atoms. The molecule has 0 aromatic heterocycles. The zero-order valence-electron chi connectivity index (χ0n) is 17.2. The van der Waals surface area contributed by atoms with E-state index in [0.29, 0.717) is 17.7 Å². The maximum Gasteiger partial charge on any atom is 0.262 e. The van der Waals surface area contributed by atoms with Gasteiger partial charge in [0, 0.05) is 26.3 Å². The largest absolute Gasteiger partial charge is 0.378 e. The lowest BCUT2D eigenvalue weighted by atomic mass is 10.1. The lowest BCUT2D eigenvalue weighted by molar-refractivity contribution is -0.121. The van der Waals surface area contributed by atoms with E-state index in [-0.39, 0.29) is 18.5 Å². The zero-order valence-corrected chi connectivity index (χ0v) is 17.2. The number of imide groups is 1. The average molecular weight is 394 g/mol. The molecule has 0 saturated carbocycles. The van der Waals surface area contributed by atoms with Crippen LogP contribution in [0.15, 0.2) is 48.5 Å². The number of likely N-dealkylation sites (N-methyl/N-ethyl adjacent to an activating group) is 1. The minimum absolute atomic E-state index is 0.0302. The van der Waals surface area contributed by atoms with Gasteiger partial charge in [-0.15, -0.1) is 0 Å². The van der Waals surface area contributed by atoms with Gasteiger partial charge in [0.15, 0.2) is 0 Å². The molecule has 1 atom stereocenters. The van der Waals surface area contributed by atoms with Crippen molar-refractivity contribution in [3.63, 3.8) is 0 Å². The topological polar surface area (TPSA) is 73.0 Å². The second kappa shape index (κ2) is 8.45. The molecule has 1 aliphatic heterocycles. The third-order valence-electron chi connectivity index (χ3n) is 5.09. The van der Waals surface area contributed by atoms with Crippen LogP contribution in [0.5, 0.6) is 0 Å². The Morgan fingerprint density at radius 1 is 0.931 bits per heavy atom. The van der Waals surface area contributed by atoms with E-state index in [4.69, 9.17) is 0 Å². The van der Waals surface area contributed by atoms with Gasteiger partial charge in [0.2, 0.25) is 5.91 Å². The Morgan fingerprint density at radius 2 is 1.48 bits per heavy atom. The molecule has 0 spiro atoms. The first-order valence-electron chi connectivity index (χ1n) is 9.45. The van der Waals surface area contributed by atoms with Gasteiger partial charge in [0.05, 0.1) is 17.2 Å². The predicted octanol–water partition coefficient (Wildman–Crippen LogP) is 1.77. The van der Waals surface area contributed by atoms with Gasteiger partial charge in [0.1, 0.15) is 6.54 Å². The summed E-state index contributed by atoms with van der Waals surface area (Å²) in [6.07, 6.45) is 0. The molecule has 1 aliphatic rings. The maximum atomic E-state index is 12.5. The van der Waals surface area contributed by atoms with Crippen molar-refractivity contribution >= 4 is 23.4 Å². The summed E-state index contributed by atoms with van der Waals surface area (Å²) in [5.41, 5.74) is 2.86. The highest BCUT2D eigenvalue weighted by molar-refractivity contribution is 6.22. The summed E-state index contributed by atoms with van der Waals surface area (Å²) < 4.78 is 0. The molecule has 3 rings (SSSR count). The minimum atomic E-state index is -0.427. The Balaban J connectivity index is 1.63. The van der Waals surface area contributed by atoms with E-state index in [0.717, 1.165) is 16.2 Å².